The molecule has 0 bridgehead atoms. The van der Waals surface area contributed by atoms with Gasteiger partial charge in [-0.25, -0.2) is 9.59 Å². The van der Waals surface area contributed by atoms with E-state index in [1.165, 1.54) is 43.7 Å². The summed E-state index contributed by atoms with van der Waals surface area (Å²) in [5, 5.41) is 0. The fourth-order valence-corrected chi connectivity index (χ4v) is 5.72. The van der Waals surface area contributed by atoms with Crippen LogP contribution in [0.5, 0.6) is 5.75 Å². The first-order valence-corrected chi connectivity index (χ1v) is 19.6. The van der Waals surface area contributed by atoms with Crippen molar-refractivity contribution in [1.29, 1.82) is 0 Å². The Balaban J connectivity index is 2.55. The van der Waals surface area contributed by atoms with E-state index in [1.807, 2.05) is 12.1 Å². The van der Waals surface area contributed by atoms with Crippen molar-refractivity contribution in [3.8, 4) is 16.9 Å². The van der Waals surface area contributed by atoms with Crippen LogP contribution in [0.4, 0.5) is 0 Å². The van der Waals surface area contributed by atoms with Crippen molar-refractivity contribution in [2.75, 3.05) is 47.3 Å². The first-order valence-electron chi connectivity index (χ1n) is 19.6. The van der Waals surface area contributed by atoms with Crippen molar-refractivity contribution in [3.63, 3.8) is 0 Å². The number of unbranched alkanes of at least 4 members (excludes halogenated alkanes) is 4. The highest BCUT2D eigenvalue weighted by Crippen LogP contribution is 2.33. The van der Waals surface area contributed by atoms with Crippen LogP contribution in [0.3, 0.4) is 0 Å². The second kappa shape index (κ2) is 25.7. The highest BCUT2D eigenvalue weighted by Gasteiger charge is 2.38. The first kappa shape index (κ1) is 48.7. The number of carbonyl (C=O) groups is 6. The highest BCUT2D eigenvalue weighted by molar-refractivity contribution is 5.91. The molecule has 0 radical (unpaired) electrons. The molecule has 0 fully saturated rings. The number of benzene rings is 2. The van der Waals surface area contributed by atoms with Crippen molar-refractivity contribution in [2.45, 2.75) is 98.3 Å². The average Bonchev–Trinajstić information content (AvgIpc) is 3.21. The Morgan fingerprint density at radius 2 is 1.19 bits per heavy atom. The number of hydrogen-bond donors (Lipinski definition) is 0. The molecule has 0 N–H and O–H groups in total. The summed E-state index contributed by atoms with van der Waals surface area (Å²) in [7, 11) is 2.24. The van der Waals surface area contributed by atoms with Crippen molar-refractivity contribution in [3.05, 3.63) is 77.4 Å². The Bertz CT molecular complexity index is 1710. The summed E-state index contributed by atoms with van der Waals surface area (Å²) in [4.78, 5) is 73.5. The minimum atomic E-state index is -1.54. The molecule has 0 saturated carbocycles. The Kier molecular flexibility index (Phi) is 21.6. The summed E-state index contributed by atoms with van der Waals surface area (Å²) in [6.45, 7) is 12.8. The number of ether oxygens (including phenoxy) is 7. The molecule has 58 heavy (non-hydrogen) atoms. The summed E-state index contributed by atoms with van der Waals surface area (Å²) in [6.07, 6.45) is 7.30. The van der Waals surface area contributed by atoms with E-state index in [0.717, 1.165) is 50.2 Å². The zero-order valence-electron chi connectivity index (χ0n) is 35.0. The predicted molar refractivity (Wildman–Crippen MR) is 217 cm³/mol. The van der Waals surface area contributed by atoms with E-state index in [-0.39, 0.29) is 24.4 Å². The van der Waals surface area contributed by atoms with E-state index in [1.54, 1.807) is 13.0 Å². The molecule has 0 aliphatic heterocycles. The maximum atomic E-state index is 12.6. The van der Waals surface area contributed by atoms with E-state index in [0.29, 0.717) is 18.6 Å². The normalized spacial score (nSPS) is 10.9. The van der Waals surface area contributed by atoms with Crippen LogP contribution in [0.15, 0.2) is 60.7 Å². The molecule has 2 rings (SSSR count). The molecule has 2 aromatic carbocycles. The van der Waals surface area contributed by atoms with Gasteiger partial charge in [0.15, 0.2) is 0 Å². The van der Waals surface area contributed by atoms with Gasteiger partial charge in [0.1, 0.15) is 50.4 Å². The van der Waals surface area contributed by atoms with E-state index >= 15 is 0 Å². The molecule has 0 heterocycles. The Morgan fingerprint density at radius 1 is 0.603 bits per heavy atom. The van der Waals surface area contributed by atoms with Gasteiger partial charge in [-0.15, -0.1) is 0 Å². The van der Waals surface area contributed by atoms with E-state index in [4.69, 9.17) is 23.7 Å². The highest BCUT2D eigenvalue weighted by atomic mass is 16.6. The first-order chi connectivity index (χ1) is 27.7. The van der Waals surface area contributed by atoms with Crippen LogP contribution in [-0.4, -0.2) is 83.1 Å². The zero-order chi connectivity index (χ0) is 43.1. The molecule has 0 amide bonds. The van der Waals surface area contributed by atoms with Crippen LogP contribution in [0, 0.1) is 5.41 Å². The fraction of sp³-hybridized carbons (Fsp3) is 0.511. The molecular weight excluding hydrogens is 748 g/mol. The van der Waals surface area contributed by atoms with Gasteiger partial charge >= 0.3 is 35.8 Å². The quantitative estimate of drug-likeness (QED) is 0.0293. The van der Waals surface area contributed by atoms with Crippen LogP contribution >= 0.6 is 0 Å². The van der Waals surface area contributed by atoms with Gasteiger partial charge in [0.2, 0.25) is 0 Å². The number of esters is 6. The molecule has 318 valence electrons. The van der Waals surface area contributed by atoms with Crippen LogP contribution in [0.2, 0.25) is 0 Å². The molecule has 0 aliphatic carbocycles. The molecule has 13 heteroatoms. The lowest BCUT2D eigenvalue weighted by Gasteiger charge is -2.32. The van der Waals surface area contributed by atoms with Gasteiger partial charge in [0.25, 0.3) is 0 Å². The summed E-state index contributed by atoms with van der Waals surface area (Å²) in [5.74, 6) is -4.44. The number of aryl methyl sites for hydroxylation is 3. The summed E-state index contributed by atoms with van der Waals surface area (Å²) < 4.78 is 37.3. The molecule has 13 nitrogen and oxygen atoms in total. The monoisotopic (exact) mass is 808 g/mol. The Hall–Kier alpha value is -5.46. The van der Waals surface area contributed by atoms with Gasteiger partial charge < -0.3 is 33.2 Å². The third-order valence-electron chi connectivity index (χ3n) is 9.17. The van der Waals surface area contributed by atoms with Crippen molar-refractivity contribution in [2.24, 2.45) is 5.41 Å². The van der Waals surface area contributed by atoms with Crippen LogP contribution in [-0.2, 0) is 76.5 Å². The largest absolute Gasteiger partial charge is 0.492 e. The smallest absolute Gasteiger partial charge is 0.333 e. The maximum Gasteiger partial charge on any atom is 0.333 e. The SMILES string of the molecule is C=C(C)C(=O)OCCCc1cc(-c2ccc(CCCCCCC)cc2CC)ccc1OCC(COC(=O)CC(=O)OC)(COC(=O)CC(=O)OC)COC(=O)C(=C)C. The molecule has 0 aliphatic rings. The van der Waals surface area contributed by atoms with Crippen LogP contribution in [0.1, 0.15) is 95.8 Å². The molecular formula is C45H60O13. The van der Waals surface area contributed by atoms with E-state index in [9.17, 15) is 28.8 Å². The summed E-state index contributed by atoms with van der Waals surface area (Å²) >= 11 is 0. The predicted octanol–water partition coefficient (Wildman–Crippen LogP) is 7.18. The topological polar surface area (TPSA) is 167 Å². The fourth-order valence-electron chi connectivity index (χ4n) is 5.72. The molecule has 0 atom stereocenters. The number of methoxy groups -OCH3 is 2. The Labute approximate surface area is 342 Å². The second-order valence-electron chi connectivity index (χ2n) is 14.3. The molecule has 2 aromatic rings. The summed E-state index contributed by atoms with van der Waals surface area (Å²) in [5.41, 5.74) is 4.07. The molecule has 0 unspecified atom stereocenters. The van der Waals surface area contributed by atoms with E-state index < -0.39 is 73.9 Å². The minimum absolute atomic E-state index is 0.0804. The lowest BCUT2D eigenvalue weighted by Crippen LogP contribution is -2.44. The third-order valence-corrected chi connectivity index (χ3v) is 9.17. The summed E-state index contributed by atoms with van der Waals surface area (Å²) in [6, 6.07) is 12.3. The van der Waals surface area contributed by atoms with Gasteiger partial charge in [-0.05, 0) is 85.9 Å². The van der Waals surface area contributed by atoms with Gasteiger partial charge in [0, 0.05) is 11.1 Å². The van der Waals surface area contributed by atoms with Gasteiger partial charge in [-0.1, -0.05) is 77.0 Å². The zero-order valence-corrected chi connectivity index (χ0v) is 35.0. The van der Waals surface area contributed by atoms with Crippen LogP contribution < -0.4 is 4.74 Å². The second-order valence-corrected chi connectivity index (χ2v) is 14.3. The average molecular weight is 809 g/mol. The lowest BCUT2D eigenvalue weighted by atomic mass is 9.91. The van der Waals surface area contributed by atoms with Crippen molar-refractivity contribution in [1.82, 2.24) is 0 Å². The molecule has 0 saturated heterocycles. The molecule has 0 aromatic heterocycles. The maximum absolute atomic E-state index is 12.6. The third kappa shape index (κ3) is 17.4. The number of rotatable bonds is 27. The minimum Gasteiger partial charge on any atom is -0.492 e. The van der Waals surface area contributed by atoms with Crippen LogP contribution in [0.25, 0.3) is 11.1 Å². The number of carbonyl (C=O) groups excluding carboxylic acids is 6. The van der Waals surface area contributed by atoms with Crippen molar-refractivity contribution < 1.29 is 61.9 Å². The van der Waals surface area contributed by atoms with Crippen molar-refractivity contribution >= 4 is 35.8 Å². The van der Waals surface area contributed by atoms with Gasteiger partial charge in [0.05, 0.1) is 20.8 Å². The van der Waals surface area contributed by atoms with Gasteiger partial charge in [-0.3, -0.25) is 19.2 Å². The lowest BCUT2D eigenvalue weighted by molar-refractivity contribution is -0.165. The molecule has 0 spiro atoms. The van der Waals surface area contributed by atoms with E-state index in [2.05, 4.69) is 54.7 Å². The van der Waals surface area contributed by atoms with Gasteiger partial charge in [-0.2, -0.15) is 0 Å². The Morgan fingerprint density at radius 3 is 1.76 bits per heavy atom. The standard InChI is InChI=1S/C45H60O13/c1-9-11-12-13-14-16-33-18-20-37(34(10-2)23-33)35-19-21-38(36(24-35)17-15-22-54-43(50)31(3)4)55-27-45(30-58-44(51)32(5)6,28-56-41(48)25-39(46)52-7)29-57-42(49)26-40(47)53-8/h18-21,23-24H,3,5,9-17,22,25-30H2,1-2,4,6-8H3. The number of hydrogen-bond acceptors (Lipinski definition) is 13.